The van der Waals surface area contributed by atoms with E-state index >= 15 is 0 Å². The highest BCUT2D eigenvalue weighted by Crippen LogP contribution is 2.28. The highest BCUT2D eigenvalue weighted by molar-refractivity contribution is 5.94. The van der Waals surface area contributed by atoms with Gasteiger partial charge in [0.2, 0.25) is 5.91 Å². The van der Waals surface area contributed by atoms with Gasteiger partial charge in [-0.15, -0.1) is 0 Å². The van der Waals surface area contributed by atoms with Crippen LogP contribution < -0.4 is 5.32 Å². The smallest absolute Gasteiger partial charge is 0.254 e. The Morgan fingerprint density at radius 2 is 1.65 bits per heavy atom. The maximum Gasteiger partial charge on any atom is 0.254 e. The summed E-state index contributed by atoms with van der Waals surface area (Å²) in [4.78, 5) is 26.5. The van der Waals surface area contributed by atoms with E-state index in [9.17, 15) is 9.59 Å². The number of benzene rings is 2. The Kier molecular flexibility index (Phi) is 5.71. The number of hydrogen-bond acceptors (Lipinski definition) is 2. The van der Waals surface area contributed by atoms with Crippen LogP contribution in [0.1, 0.15) is 48.2 Å². The van der Waals surface area contributed by atoms with Crippen molar-refractivity contribution in [3.05, 3.63) is 71.3 Å². The van der Waals surface area contributed by atoms with Gasteiger partial charge in [-0.2, -0.15) is 0 Å². The van der Waals surface area contributed by atoms with Crippen molar-refractivity contribution in [1.82, 2.24) is 10.2 Å². The van der Waals surface area contributed by atoms with Gasteiger partial charge in [0.1, 0.15) is 0 Å². The summed E-state index contributed by atoms with van der Waals surface area (Å²) in [7, 11) is 0. The lowest BCUT2D eigenvalue weighted by atomic mass is 10.1. The average molecular weight is 350 g/mol. The molecular weight excluding hydrogens is 324 g/mol. The van der Waals surface area contributed by atoms with Gasteiger partial charge in [-0.05, 0) is 49.9 Å². The van der Waals surface area contributed by atoms with Gasteiger partial charge in [-0.3, -0.25) is 9.59 Å². The van der Waals surface area contributed by atoms with Gasteiger partial charge in [-0.25, -0.2) is 0 Å². The number of carbonyl (C=O) groups is 2. The highest BCUT2D eigenvalue weighted by Gasteiger charge is 2.29. The molecule has 1 aliphatic carbocycles. The Morgan fingerprint density at radius 3 is 2.23 bits per heavy atom. The normalized spacial score (nSPS) is 13.5. The molecule has 4 heteroatoms. The van der Waals surface area contributed by atoms with Crippen molar-refractivity contribution in [2.45, 2.75) is 45.8 Å². The molecule has 0 bridgehead atoms. The summed E-state index contributed by atoms with van der Waals surface area (Å²) >= 11 is 0. The molecule has 1 fully saturated rings. The van der Waals surface area contributed by atoms with E-state index in [1.54, 1.807) is 0 Å². The molecule has 2 aromatic carbocycles. The summed E-state index contributed by atoms with van der Waals surface area (Å²) in [5.41, 5.74) is 2.80. The molecule has 1 saturated carbocycles. The van der Waals surface area contributed by atoms with Crippen LogP contribution in [0.5, 0.6) is 0 Å². The molecule has 2 aromatic rings. The van der Waals surface area contributed by atoms with Crippen LogP contribution in [0, 0.1) is 5.92 Å². The minimum absolute atomic E-state index is 0.0254. The third-order valence-electron chi connectivity index (χ3n) is 4.70. The van der Waals surface area contributed by atoms with Crippen LogP contribution in [0.25, 0.3) is 0 Å². The van der Waals surface area contributed by atoms with E-state index in [1.165, 1.54) is 0 Å². The van der Waals surface area contributed by atoms with E-state index in [0.717, 1.165) is 24.0 Å². The van der Waals surface area contributed by atoms with E-state index in [1.807, 2.05) is 73.3 Å². The molecule has 0 atom stereocenters. The third kappa shape index (κ3) is 4.72. The average Bonchev–Trinajstić information content (AvgIpc) is 3.50. The zero-order valence-corrected chi connectivity index (χ0v) is 15.4. The summed E-state index contributed by atoms with van der Waals surface area (Å²) in [5.74, 6) is 0.379. The van der Waals surface area contributed by atoms with Crippen LogP contribution in [-0.4, -0.2) is 22.8 Å². The second-order valence-corrected chi connectivity index (χ2v) is 7.20. The number of nitrogens with one attached hydrogen (secondary N) is 1. The minimum Gasteiger partial charge on any atom is -0.352 e. The number of carbonyl (C=O) groups excluding carboxylic acids is 2. The van der Waals surface area contributed by atoms with Gasteiger partial charge in [0, 0.05) is 30.6 Å². The second kappa shape index (κ2) is 8.17. The fourth-order valence-corrected chi connectivity index (χ4v) is 2.88. The lowest BCUT2D eigenvalue weighted by Crippen LogP contribution is -2.36. The number of nitrogens with zero attached hydrogens (tertiary/aromatic N) is 1. The van der Waals surface area contributed by atoms with Gasteiger partial charge in [0.25, 0.3) is 5.91 Å². The van der Waals surface area contributed by atoms with Crippen LogP contribution in [-0.2, 0) is 17.9 Å². The van der Waals surface area contributed by atoms with Crippen molar-refractivity contribution in [2.75, 3.05) is 0 Å². The molecule has 0 aliphatic heterocycles. The first-order valence-corrected chi connectivity index (χ1v) is 9.26. The number of rotatable bonds is 7. The van der Waals surface area contributed by atoms with Gasteiger partial charge in [0.05, 0.1) is 0 Å². The van der Waals surface area contributed by atoms with Crippen LogP contribution in [0.3, 0.4) is 0 Å². The number of hydrogen-bond donors (Lipinski definition) is 1. The zero-order valence-electron chi connectivity index (χ0n) is 15.4. The van der Waals surface area contributed by atoms with Gasteiger partial charge >= 0.3 is 0 Å². The molecule has 4 nitrogen and oxygen atoms in total. The van der Waals surface area contributed by atoms with Gasteiger partial charge in [0.15, 0.2) is 0 Å². The Hall–Kier alpha value is -2.62. The summed E-state index contributed by atoms with van der Waals surface area (Å²) in [5, 5.41) is 2.95. The fraction of sp³-hybridized carbons (Fsp3) is 0.364. The summed E-state index contributed by atoms with van der Waals surface area (Å²) in [6, 6.07) is 17.7. The molecule has 0 radical (unpaired) electrons. The van der Waals surface area contributed by atoms with Crippen LogP contribution in [0.2, 0.25) is 0 Å². The van der Waals surface area contributed by atoms with Gasteiger partial charge in [-0.1, -0.05) is 42.5 Å². The van der Waals surface area contributed by atoms with Crippen LogP contribution in [0.4, 0.5) is 0 Å². The molecule has 1 aliphatic rings. The third-order valence-corrected chi connectivity index (χ3v) is 4.70. The maximum atomic E-state index is 12.9. The molecule has 2 amide bonds. The summed E-state index contributed by atoms with van der Waals surface area (Å²) in [6.45, 7) is 5.17. The van der Waals surface area contributed by atoms with Crippen molar-refractivity contribution in [2.24, 2.45) is 5.92 Å². The first kappa shape index (κ1) is 18.2. The molecule has 3 rings (SSSR count). The maximum absolute atomic E-state index is 12.9. The topological polar surface area (TPSA) is 49.4 Å². The first-order chi connectivity index (χ1) is 12.5. The predicted molar refractivity (Wildman–Crippen MR) is 102 cm³/mol. The van der Waals surface area contributed by atoms with E-state index in [2.05, 4.69) is 5.32 Å². The Morgan fingerprint density at radius 1 is 1.00 bits per heavy atom. The van der Waals surface area contributed by atoms with Crippen LogP contribution >= 0.6 is 0 Å². The van der Waals surface area contributed by atoms with E-state index in [-0.39, 0.29) is 23.8 Å². The largest absolute Gasteiger partial charge is 0.352 e. The lowest BCUT2D eigenvalue weighted by Gasteiger charge is -2.27. The molecule has 1 N–H and O–H groups in total. The second-order valence-electron chi connectivity index (χ2n) is 7.20. The van der Waals surface area contributed by atoms with Gasteiger partial charge < -0.3 is 10.2 Å². The van der Waals surface area contributed by atoms with Crippen molar-refractivity contribution in [3.8, 4) is 0 Å². The number of amides is 2. The SMILES string of the molecule is CC(C)N(Cc1ccccc1)C(=O)c1ccc(CNC(=O)C2CC2)cc1. The Bertz CT molecular complexity index is 749. The van der Waals surface area contributed by atoms with Crippen molar-refractivity contribution >= 4 is 11.8 Å². The molecule has 136 valence electrons. The zero-order chi connectivity index (χ0) is 18.5. The molecule has 0 heterocycles. The van der Waals surface area contributed by atoms with Crippen molar-refractivity contribution in [1.29, 1.82) is 0 Å². The molecule has 26 heavy (non-hydrogen) atoms. The predicted octanol–water partition coefficient (Wildman–Crippen LogP) is 3.76. The van der Waals surface area contributed by atoms with E-state index in [0.29, 0.717) is 18.7 Å². The monoisotopic (exact) mass is 350 g/mol. The molecule has 0 saturated heterocycles. The Labute approximate surface area is 155 Å². The molecule has 0 aromatic heterocycles. The standard InChI is InChI=1S/C22H26N2O2/c1-16(2)24(15-18-6-4-3-5-7-18)22(26)20-10-8-17(9-11-20)14-23-21(25)19-12-13-19/h3-11,16,19H,12-15H2,1-2H3,(H,23,25). The molecular formula is C22H26N2O2. The lowest BCUT2D eigenvalue weighted by molar-refractivity contribution is -0.122. The molecule has 0 spiro atoms. The first-order valence-electron chi connectivity index (χ1n) is 9.26. The van der Waals surface area contributed by atoms with E-state index in [4.69, 9.17) is 0 Å². The fourth-order valence-electron chi connectivity index (χ4n) is 2.88. The highest BCUT2D eigenvalue weighted by atomic mass is 16.2. The summed E-state index contributed by atoms with van der Waals surface area (Å²) in [6.07, 6.45) is 2.01. The molecule has 0 unspecified atom stereocenters. The summed E-state index contributed by atoms with van der Waals surface area (Å²) < 4.78 is 0. The minimum atomic E-state index is 0.0254. The van der Waals surface area contributed by atoms with E-state index < -0.39 is 0 Å². The quantitative estimate of drug-likeness (QED) is 0.826. The Balaban J connectivity index is 1.63. The van der Waals surface area contributed by atoms with Crippen molar-refractivity contribution < 1.29 is 9.59 Å². The van der Waals surface area contributed by atoms with Crippen LogP contribution in [0.15, 0.2) is 54.6 Å². The van der Waals surface area contributed by atoms with Crippen molar-refractivity contribution in [3.63, 3.8) is 0 Å².